The second-order valence-corrected chi connectivity index (χ2v) is 11.0. The maximum Gasteiger partial charge on any atom is 0.122 e. The Morgan fingerprint density at radius 1 is 0.564 bits per heavy atom. The smallest absolute Gasteiger partial charge is 0.122 e. The molecule has 202 valence electrons. The molecule has 2 unspecified atom stereocenters. The first-order valence-corrected chi connectivity index (χ1v) is 13.7. The van der Waals surface area contributed by atoms with Crippen LogP contribution in [0.5, 0.6) is 11.5 Å². The minimum Gasteiger partial charge on any atom is -0.491 e. The van der Waals surface area contributed by atoms with Gasteiger partial charge in [-0.2, -0.15) is 0 Å². The van der Waals surface area contributed by atoms with Crippen LogP contribution in [-0.2, 0) is 5.41 Å². The summed E-state index contributed by atoms with van der Waals surface area (Å²) < 4.78 is 12.0. The normalized spacial score (nSPS) is 14.9. The van der Waals surface area contributed by atoms with Crippen LogP contribution in [-0.4, -0.2) is 35.6 Å². The van der Waals surface area contributed by atoms with Crippen LogP contribution in [0, 0.1) is 27.7 Å². The van der Waals surface area contributed by atoms with E-state index in [4.69, 9.17) is 9.47 Å². The number of hydrogen-bond donors (Lipinski definition) is 2. The van der Waals surface area contributed by atoms with E-state index in [-0.39, 0.29) is 13.2 Å². The maximum atomic E-state index is 9.81. The first-order valence-electron chi connectivity index (χ1n) is 13.7. The van der Waals surface area contributed by atoms with Gasteiger partial charge < -0.3 is 19.7 Å². The highest BCUT2D eigenvalue weighted by Crippen LogP contribution is 2.58. The van der Waals surface area contributed by atoms with Gasteiger partial charge in [0.2, 0.25) is 0 Å². The largest absolute Gasteiger partial charge is 0.491 e. The van der Waals surface area contributed by atoms with E-state index in [1.54, 1.807) is 13.8 Å². The molecule has 0 heterocycles. The molecule has 0 radical (unpaired) electrons. The van der Waals surface area contributed by atoms with E-state index in [9.17, 15) is 10.2 Å². The molecule has 0 saturated carbocycles. The van der Waals surface area contributed by atoms with Crippen molar-refractivity contribution in [3.8, 4) is 22.6 Å². The predicted molar refractivity (Wildman–Crippen MR) is 157 cm³/mol. The minimum atomic E-state index is -0.539. The van der Waals surface area contributed by atoms with Gasteiger partial charge in [-0.1, -0.05) is 60.7 Å². The minimum absolute atomic E-state index is 0.253. The van der Waals surface area contributed by atoms with Crippen LogP contribution in [0.2, 0.25) is 0 Å². The standard InChI is InChI=1S/C35H38O4/c1-21-17-33(38-19-25(5)36)23(3)15-31(21)35(32-16-24(4)34(18-22(32)2)39-20-26(6)37)29-13-9-7-11-27(29)28-12-8-10-14-30(28)35/h7-18,25-26,36-37H,19-20H2,1-6H3. The first-order chi connectivity index (χ1) is 18.6. The number of fused-ring (bicyclic) bond motifs is 3. The summed E-state index contributed by atoms with van der Waals surface area (Å²) in [5.74, 6) is 1.59. The first kappa shape index (κ1) is 27.0. The summed E-state index contributed by atoms with van der Waals surface area (Å²) in [5, 5.41) is 19.6. The fourth-order valence-electron chi connectivity index (χ4n) is 6.08. The van der Waals surface area contributed by atoms with Gasteiger partial charge >= 0.3 is 0 Å². The van der Waals surface area contributed by atoms with Crippen molar-refractivity contribution in [3.05, 3.63) is 117 Å². The third kappa shape index (κ3) is 4.62. The van der Waals surface area contributed by atoms with Crippen LogP contribution in [0.1, 0.15) is 58.4 Å². The summed E-state index contributed by atoms with van der Waals surface area (Å²) in [4.78, 5) is 0. The molecule has 0 spiro atoms. The average Bonchev–Trinajstić information content (AvgIpc) is 3.20. The molecule has 0 fully saturated rings. The van der Waals surface area contributed by atoms with E-state index < -0.39 is 17.6 Å². The van der Waals surface area contributed by atoms with E-state index in [2.05, 4.69) is 100 Å². The molecular weight excluding hydrogens is 484 g/mol. The third-order valence-corrected chi connectivity index (χ3v) is 7.76. The Labute approximate surface area is 231 Å². The fourth-order valence-corrected chi connectivity index (χ4v) is 6.08. The summed E-state index contributed by atoms with van der Waals surface area (Å²) in [5.41, 5.74) is 11.2. The van der Waals surface area contributed by atoms with Gasteiger partial charge in [0.05, 0.1) is 17.6 Å². The molecule has 0 aromatic heterocycles. The molecule has 39 heavy (non-hydrogen) atoms. The number of aliphatic hydroxyl groups is 2. The molecule has 1 aliphatic rings. The molecule has 4 aromatic carbocycles. The van der Waals surface area contributed by atoms with Crippen LogP contribution in [0.25, 0.3) is 11.1 Å². The van der Waals surface area contributed by atoms with E-state index >= 15 is 0 Å². The molecule has 4 heteroatoms. The van der Waals surface area contributed by atoms with Crippen molar-refractivity contribution in [2.24, 2.45) is 0 Å². The van der Waals surface area contributed by atoms with Crippen molar-refractivity contribution in [3.63, 3.8) is 0 Å². The van der Waals surface area contributed by atoms with Gasteiger partial charge in [0, 0.05) is 0 Å². The van der Waals surface area contributed by atoms with Gasteiger partial charge in [0.15, 0.2) is 0 Å². The predicted octanol–water partition coefficient (Wildman–Crippen LogP) is 6.80. The molecule has 0 aliphatic heterocycles. The number of aliphatic hydroxyl groups excluding tert-OH is 2. The lowest BCUT2D eigenvalue weighted by atomic mass is 9.65. The van der Waals surface area contributed by atoms with Crippen LogP contribution >= 0.6 is 0 Å². The highest BCUT2D eigenvalue weighted by atomic mass is 16.5. The molecule has 0 saturated heterocycles. The number of hydrogen-bond acceptors (Lipinski definition) is 4. The lowest BCUT2D eigenvalue weighted by Crippen LogP contribution is -2.31. The van der Waals surface area contributed by atoms with E-state index in [1.165, 1.54) is 33.4 Å². The van der Waals surface area contributed by atoms with Crippen LogP contribution in [0.4, 0.5) is 0 Å². The zero-order valence-electron chi connectivity index (χ0n) is 23.7. The van der Waals surface area contributed by atoms with Crippen molar-refractivity contribution in [1.82, 2.24) is 0 Å². The molecule has 0 bridgehead atoms. The fraction of sp³-hybridized carbons (Fsp3) is 0.314. The number of aryl methyl sites for hydroxylation is 4. The second-order valence-electron chi connectivity index (χ2n) is 11.0. The van der Waals surface area contributed by atoms with E-state index in [1.807, 2.05) is 0 Å². The number of ether oxygens (including phenoxy) is 2. The molecule has 5 rings (SSSR count). The van der Waals surface area contributed by atoms with Crippen molar-refractivity contribution in [1.29, 1.82) is 0 Å². The zero-order chi connectivity index (χ0) is 27.9. The molecule has 0 amide bonds. The van der Waals surface area contributed by atoms with Crippen molar-refractivity contribution >= 4 is 0 Å². The molecule has 2 N–H and O–H groups in total. The van der Waals surface area contributed by atoms with E-state index in [0.29, 0.717) is 0 Å². The van der Waals surface area contributed by atoms with Crippen LogP contribution < -0.4 is 9.47 Å². The maximum absolute atomic E-state index is 9.81. The van der Waals surface area contributed by atoms with Crippen LogP contribution in [0.15, 0.2) is 72.8 Å². The Morgan fingerprint density at radius 3 is 1.33 bits per heavy atom. The lowest BCUT2D eigenvalue weighted by Gasteiger charge is -2.37. The summed E-state index contributed by atoms with van der Waals surface area (Å²) in [6.07, 6.45) is -1.08. The van der Waals surface area contributed by atoms with Gasteiger partial charge in [0.25, 0.3) is 0 Å². The quantitative estimate of drug-likeness (QED) is 0.235. The Balaban J connectivity index is 1.82. The second kappa shape index (κ2) is 10.5. The summed E-state index contributed by atoms with van der Waals surface area (Å²) in [6, 6.07) is 26.2. The topological polar surface area (TPSA) is 58.9 Å². The molecule has 1 aliphatic carbocycles. The molecular formula is C35H38O4. The highest BCUT2D eigenvalue weighted by Gasteiger charge is 2.47. The molecule has 4 nitrogen and oxygen atoms in total. The van der Waals surface area contributed by atoms with Crippen molar-refractivity contribution in [2.75, 3.05) is 13.2 Å². The SMILES string of the molecule is Cc1cc(C2(c3cc(C)c(OCC(C)O)cc3C)c3ccccc3-c3ccccc32)c(C)cc1OCC(C)O. The van der Waals surface area contributed by atoms with Gasteiger partial charge in [-0.25, -0.2) is 0 Å². The summed E-state index contributed by atoms with van der Waals surface area (Å²) >= 11 is 0. The Kier molecular flexibility index (Phi) is 7.28. The van der Waals surface area contributed by atoms with Gasteiger partial charge in [-0.3, -0.25) is 0 Å². The van der Waals surface area contributed by atoms with Crippen molar-refractivity contribution < 1.29 is 19.7 Å². The monoisotopic (exact) mass is 522 g/mol. The molecule has 4 aromatic rings. The Bertz CT molecular complexity index is 1400. The van der Waals surface area contributed by atoms with Gasteiger partial charge in [-0.05, 0) is 109 Å². The van der Waals surface area contributed by atoms with Crippen LogP contribution in [0.3, 0.4) is 0 Å². The third-order valence-electron chi connectivity index (χ3n) is 7.76. The van der Waals surface area contributed by atoms with Crippen molar-refractivity contribution in [2.45, 2.75) is 59.2 Å². The van der Waals surface area contributed by atoms with Gasteiger partial charge in [-0.15, -0.1) is 0 Å². The Hall–Kier alpha value is -3.60. The zero-order valence-corrected chi connectivity index (χ0v) is 23.7. The summed E-state index contributed by atoms with van der Waals surface area (Å²) in [7, 11) is 0. The Morgan fingerprint density at radius 2 is 0.949 bits per heavy atom. The van der Waals surface area contributed by atoms with E-state index in [0.717, 1.165) is 33.8 Å². The number of rotatable bonds is 8. The number of benzene rings is 4. The lowest BCUT2D eigenvalue weighted by molar-refractivity contribution is 0.122. The average molecular weight is 523 g/mol. The molecule has 2 atom stereocenters. The van der Waals surface area contributed by atoms with Gasteiger partial charge in [0.1, 0.15) is 24.7 Å². The summed E-state index contributed by atoms with van der Waals surface area (Å²) in [6.45, 7) is 12.4. The highest BCUT2D eigenvalue weighted by molar-refractivity contribution is 5.87.